The van der Waals surface area contributed by atoms with Gasteiger partial charge in [-0.2, -0.15) is 41.0 Å². The van der Waals surface area contributed by atoms with E-state index in [2.05, 4.69) is 46.0 Å². The molecule has 0 bridgehead atoms. The average Bonchev–Trinajstić information content (AvgIpc) is 2.88. The molecule has 2 aromatic rings. The summed E-state index contributed by atoms with van der Waals surface area (Å²) in [7, 11) is 0. The summed E-state index contributed by atoms with van der Waals surface area (Å²) < 4.78 is 0. The summed E-state index contributed by atoms with van der Waals surface area (Å²) in [6.07, 6.45) is 0. The van der Waals surface area contributed by atoms with E-state index < -0.39 is 0 Å². The van der Waals surface area contributed by atoms with Gasteiger partial charge in [0.1, 0.15) is 0 Å². The van der Waals surface area contributed by atoms with E-state index in [0.29, 0.717) is 0 Å². The van der Waals surface area contributed by atoms with Crippen molar-refractivity contribution < 1.29 is 48.1 Å². The summed E-state index contributed by atoms with van der Waals surface area (Å²) in [6, 6.07) is 14.3. The van der Waals surface area contributed by atoms with Crippen LogP contribution in [0.5, 0.6) is 0 Å². The van der Waals surface area contributed by atoms with Crippen LogP contribution in [0.15, 0.2) is 42.5 Å². The molecule has 0 nitrogen and oxygen atoms in total. The number of rotatable bonds is 0. The first-order valence-electron chi connectivity index (χ1n) is 5.83. The Morgan fingerprint density at radius 3 is 1.63 bits per heavy atom. The fourth-order valence-corrected chi connectivity index (χ4v) is 1.13. The monoisotopic (exact) mass is 390 g/mol. The van der Waals surface area contributed by atoms with Gasteiger partial charge >= 0.3 is 41.9 Å². The van der Waals surface area contributed by atoms with Crippen molar-refractivity contribution in [1.29, 1.82) is 0 Å². The third-order valence-electron chi connectivity index (χ3n) is 2.32. The second-order valence-electron chi connectivity index (χ2n) is 4.29. The van der Waals surface area contributed by atoms with Gasteiger partial charge in [0, 0.05) is 0 Å². The van der Waals surface area contributed by atoms with Crippen molar-refractivity contribution in [2.75, 3.05) is 0 Å². The molecule has 2 aromatic carbocycles. The Bertz CT molecular complexity index is 379. The third kappa shape index (κ3) is 14.6. The molecule has 0 aliphatic heterocycles. The SMILES string of the molecule is C[Si](C)=[Zr+2].Cc1cc[c-](C)c1C.[Cl-].[Cl-].c1cc[cH-]c1. The molecule has 0 N–H and O–H groups in total. The molecule has 0 radical (unpaired) electrons. The summed E-state index contributed by atoms with van der Waals surface area (Å²) >= 11 is 1.74. The Morgan fingerprint density at radius 1 is 1.11 bits per heavy atom. The van der Waals surface area contributed by atoms with Gasteiger partial charge in [0.25, 0.3) is 0 Å². The van der Waals surface area contributed by atoms with Crippen molar-refractivity contribution in [1.82, 2.24) is 0 Å². The molecule has 0 amide bonds. The quantitative estimate of drug-likeness (QED) is 0.379. The predicted octanol–water partition coefficient (Wildman–Crippen LogP) is -1.47. The molecule has 0 atom stereocenters. The van der Waals surface area contributed by atoms with Gasteiger partial charge in [-0.3, -0.25) is 0 Å². The van der Waals surface area contributed by atoms with Crippen LogP contribution in [0, 0.1) is 20.8 Å². The largest absolute Gasteiger partial charge is 1.00 e. The molecule has 0 saturated carbocycles. The molecule has 0 aromatic heterocycles. The summed E-state index contributed by atoms with van der Waals surface area (Å²) in [5.74, 6) is 0. The zero-order valence-electron chi connectivity index (χ0n) is 12.3. The van der Waals surface area contributed by atoms with Gasteiger partial charge < -0.3 is 24.8 Å². The van der Waals surface area contributed by atoms with Crippen LogP contribution >= 0.6 is 0 Å². The average molecular weight is 393 g/mol. The van der Waals surface area contributed by atoms with Gasteiger partial charge in [-0.05, 0) is 0 Å². The van der Waals surface area contributed by atoms with E-state index in [0.717, 1.165) is 0 Å². The van der Waals surface area contributed by atoms with Crippen LogP contribution in [0.2, 0.25) is 13.1 Å². The Kier molecular flexibility index (Phi) is 19.0. The topological polar surface area (TPSA) is 0 Å². The molecular formula is C15H22Cl2SiZr-2. The van der Waals surface area contributed by atoms with Crippen LogP contribution in [0.3, 0.4) is 0 Å². The molecule has 4 heteroatoms. The van der Waals surface area contributed by atoms with Crippen LogP contribution < -0.4 is 24.8 Å². The van der Waals surface area contributed by atoms with Crippen LogP contribution in [0.25, 0.3) is 0 Å². The summed E-state index contributed by atoms with van der Waals surface area (Å²) in [4.78, 5) is 0. The number of hydrogen-bond donors (Lipinski definition) is 0. The number of halogens is 2. The maximum Gasteiger partial charge on any atom is -0.0630 e. The standard InChI is InChI=1S/C8H11.C5H5.C2H6Si.2ClH.Zr/c1-6-4-5-7(2)8(6)3;1-2-4-5-3-1;1-3-2;;;/h4-5H,1-3H3;1-5H;1-2H3;2*1H;/q2*-1;;;;+2/p-2. The fraction of sp³-hybridized carbons (Fsp3) is 0.333. The molecule has 19 heavy (non-hydrogen) atoms. The molecule has 106 valence electrons. The molecule has 0 fully saturated rings. The minimum absolute atomic E-state index is 0. The van der Waals surface area contributed by atoms with E-state index in [-0.39, 0.29) is 30.2 Å². The maximum atomic E-state index is 2.31. The van der Waals surface area contributed by atoms with Crippen molar-refractivity contribution in [3.8, 4) is 0 Å². The molecule has 0 aliphatic rings. The normalized spacial score (nSPS) is 7.74. The molecule has 0 spiro atoms. The van der Waals surface area contributed by atoms with Crippen molar-refractivity contribution in [3.05, 3.63) is 59.2 Å². The minimum Gasteiger partial charge on any atom is -1.00 e. The van der Waals surface area contributed by atoms with Crippen LogP contribution in [-0.2, 0) is 23.3 Å². The van der Waals surface area contributed by atoms with Gasteiger partial charge in [0.2, 0.25) is 0 Å². The van der Waals surface area contributed by atoms with E-state index in [1.807, 2.05) is 30.3 Å². The molecule has 0 unspecified atom stereocenters. The Hall–Kier alpha value is 0.380. The predicted molar refractivity (Wildman–Crippen MR) is 75.8 cm³/mol. The first-order valence-corrected chi connectivity index (χ1v) is 12.0. The first-order chi connectivity index (χ1) is 7.95. The van der Waals surface area contributed by atoms with Crippen molar-refractivity contribution in [2.45, 2.75) is 33.9 Å². The van der Waals surface area contributed by atoms with E-state index in [4.69, 9.17) is 0 Å². The molecule has 0 aliphatic carbocycles. The molecule has 2 rings (SSSR count). The number of hydrogen-bond acceptors (Lipinski definition) is 0. The number of aryl methyl sites for hydroxylation is 2. The smallest absolute Gasteiger partial charge is 0.0630 e. The second-order valence-corrected chi connectivity index (χ2v) is 13.7. The fourth-order valence-electron chi connectivity index (χ4n) is 1.13. The van der Waals surface area contributed by atoms with E-state index in [1.54, 1.807) is 23.3 Å². The van der Waals surface area contributed by atoms with Crippen LogP contribution in [-0.4, -0.2) is 5.43 Å². The van der Waals surface area contributed by atoms with Gasteiger partial charge in [-0.1, -0.05) is 20.8 Å². The second kappa shape index (κ2) is 14.8. The maximum absolute atomic E-state index is 2.31. The Morgan fingerprint density at radius 2 is 1.53 bits per heavy atom. The molecule has 0 saturated heterocycles. The van der Waals surface area contributed by atoms with Gasteiger partial charge in [0.15, 0.2) is 0 Å². The summed E-state index contributed by atoms with van der Waals surface area (Å²) in [6.45, 7) is 11.1. The van der Waals surface area contributed by atoms with Crippen LogP contribution in [0.4, 0.5) is 0 Å². The zero-order chi connectivity index (χ0) is 13.3. The first kappa shape index (κ1) is 24.4. The van der Waals surface area contributed by atoms with Gasteiger partial charge in [0.05, 0.1) is 0 Å². The molecular weight excluding hydrogens is 370 g/mol. The van der Waals surface area contributed by atoms with Crippen LogP contribution in [0.1, 0.15) is 16.7 Å². The van der Waals surface area contributed by atoms with Crippen molar-refractivity contribution in [3.63, 3.8) is 0 Å². The van der Waals surface area contributed by atoms with Gasteiger partial charge in [-0.15, -0.1) is 0 Å². The van der Waals surface area contributed by atoms with Crippen molar-refractivity contribution in [2.24, 2.45) is 0 Å². The Balaban J connectivity index is -0.000000206. The summed E-state index contributed by atoms with van der Waals surface area (Å²) in [5, 5.41) is 0. The van der Waals surface area contributed by atoms with E-state index in [9.17, 15) is 0 Å². The molecule has 0 heterocycles. The van der Waals surface area contributed by atoms with Gasteiger partial charge in [-0.25, -0.2) is 18.2 Å². The van der Waals surface area contributed by atoms with Crippen molar-refractivity contribution >= 4 is 5.43 Å². The Labute approximate surface area is 145 Å². The van der Waals surface area contributed by atoms with E-state index >= 15 is 0 Å². The third-order valence-corrected chi connectivity index (χ3v) is 2.32. The minimum atomic E-state index is 0. The zero-order valence-corrected chi connectivity index (χ0v) is 17.3. The van der Waals surface area contributed by atoms with E-state index in [1.165, 1.54) is 16.7 Å². The summed E-state index contributed by atoms with van der Waals surface area (Å²) in [5.41, 5.74) is 4.46.